The lowest BCUT2D eigenvalue weighted by molar-refractivity contribution is 0.761. The summed E-state index contributed by atoms with van der Waals surface area (Å²) in [6.07, 6.45) is 18.9. The van der Waals surface area contributed by atoms with Gasteiger partial charge in [-0.1, -0.05) is 24.3 Å². The zero-order chi connectivity index (χ0) is 8.49. The molecular formula is C12H16. The maximum atomic E-state index is 3.12. The van der Waals surface area contributed by atoms with Crippen LogP contribution < -0.4 is 0 Å². The van der Waals surface area contributed by atoms with Crippen molar-refractivity contribution in [2.75, 3.05) is 0 Å². The summed E-state index contributed by atoms with van der Waals surface area (Å²) in [5.41, 5.74) is 3.12. The molecule has 0 bridgehead atoms. The van der Waals surface area contributed by atoms with E-state index in [0.717, 1.165) is 6.42 Å². The molecule has 1 aliphatic carbocycles. The van der Waals surface area contributed by atoms with Gasteiger partial charge in [-0.25, -0.2) is 0 Å². The Balaban J connectivity index is 2.44. The van der Waals surface area contributed by atoms with Gasteiger partial charge in [0.15, 0.2) is 0 Å². The first-order valence-electron chi connectivity index (χ1n) is 4.71. The van der Waals surface area contributed by atoms with E-state index >= 15 is 0 Å². The summed E-state index contributed by atoms with van der Waals surface area (Å²) < 4.78 is 0. The predicted molar refractivity (Wildman–Crippen MR) is 54.0 cm³/mol. The molecule has 0 saturated heterocycles. The topological polar surface area (TPSA) is 0 Å². The largest absolute Gasteiger partial charge is 0.125 e. The number of allylic oxidation sites excluding steroid dienone is 5. The van der Waals surface area contributed by atoms with Crippen LogP contribution in [0.25, 0.3) is 0 Å². The highest BCUT2D eigenvalue weighted by Gasteiger charge is 1.83. The summed E-state index contributed by atoms with van der Waals surface area (Å²) in [6.45, 7) is 0. The van der Waals surface area contributed by atoms with E-state index in [0.29, 0.717) is 0 Å². The minimum Gasteiger partial charge on any atom is -0.125 e. The molecule has 0 aliphatic heterocycles. The molecule has 12 heavy (non-hydrogen) atoms. The van der Waals surface area contributed by atoms with E-state index in [1.54, 1.807) is 0 Å². The Kier molecular flexibility index (Phi) is 5.07. The molecule has 0 fully saturated rings. The Morgan fingerprint density at radius 3 is 2.67 bits per heavy atom. The first-order valence-corrected chi connectivity index (χ1v) is 4.71. The van der Waals surface area contributed by atoms with Gasteiger partial charge in [-0.3, -0.25) is 0 Å². The minimum absolute atomic E-state index is 1.02. The lowest BCUT2D eigenvalue weighted by Crippen LogP contribution is -1.72. The van der Waals surface area contributed by atoms with Crippen LogP contribution in [-0.2, 0) is 0 Å². The molecule has 0 aromatic carbocycles. The average molecular weight is 160 g/mol. The van der Waals surface area contributed by atoms with Crippen molar-refractivity contribution in [2.24, 2.45) is 0 Å². The molecule has 0 atom stereocenters. The molecule has 0 unspecified atom stereocenters. The second-order valence-corrected chi connectivity index (χ2v) is 2.96. The Hall–Kier alpha value is -1.00. The van der Waals surface area contributed by atoms with Gasteiger partial charge < -0.3 is 0 Å². The van der Waals surface area contributed by atoms with Crippen LogP contribution in [0.2, 0.25) is 0 Å². The van der Waals surface area contributed by atoms with Crippen molar-refractivity contribution in [1.29, 1.82) is 0 Å². The fourth-order valence-electron chi connectivity index (χ4n) is 1.16. The molecule has 0 saturated carbocycles. The molecule has 0 aromatic rings. The smallest absolute Gasteiger partial charge is 0.00929 e. The standard InChI is InChI=1S/C12H16/c1-2-4-6-8-10-12-11-9-7-5-3-1/h1-3,7,11-12H,4,6,8-10H2. The minimum atomic E-state index is 1.02. The molecule has 0 aromatic heterocycles. The van der Waals surface area contributed by atoms with Gasteiger partial charge in [-0.15, -0.1) is 5.73 Å². The van der Waals surface area contributed by atoms with Gasteiger partial charge in [0, 0.05) is 0 Å². The summed E-state index contributed by atoms with van der Waals surface area (Å²) in [6, 6.07) is 0. The molecule has 64 valence electrons. The maximum absolute atomic E-state index is 3.12. The molecule has 0 heteroatoms. The lowest BCUT2D eigenvalue weighted by Gasteiger charge is -1.92. The van der Waals surface area contributed by atoms with Crippen molar-refractivity contribution in [3.8, 4) is 0 Å². The highest BCUT2D eigenvalue weighted by molar-refractivity contribution is 5.04. The van der Waals surface area contributed by atoms with E-state index < -0.39 is 0 Å². The summed E-state index contributed by atoms with van der Waals surface area (Å²) in [5.74, 6) is 0. The Morgan fingerprint density at radius 1 is 0.917 bits per heavy atom. The van der Waals surface area contributed by atoms with Crippen LogP contribution in [0.15, 0.2) is 42.2 Å². The van der Waals surface area contributed by atoms with Crippen LogP contribution in [0.3, 0.4) is 0 Å². The normalized spacial score (nSPS) is 18.7. The second-order valence-electron chi connectivity index (χ2n) is 2.96. The monoisotopic (exact) mass is 160 g/mol. The van der Waals surface area contributed by atoms with Gasteiger partial charge >= 0.3 is 0 Å². The van der Waals surface area contributed by atoms with Crippen LogP contribution in [0.1, 0.15) is 32.1 Å². The molecular weight excluding hydrogens is 144 g/mol. The molecule has 0 amide bonds. The van der Waals surface area contributed by atoms with Crippen molar-refractivity contribution in [3.05, 3.63) is 42.2 Å². The van der Waals surface area contributed by atoms with E-state index in [1.165, 1.54) is 25.7 Å². The average Bonchev–Trinajstić information content (AvgIpc) is 2.05. The van der Waals surface area contributed by atoms with E-state index in [4.69, 9.17) is 0 Å². The zero-order valence-corrected chi connectivity index (χ0v) is 7.50. The van der Waals surface area contributed by atoms with Crippen LogP contribution in [0.4, 0.5) is 0 Å². The van der Waals surface area contributed by atoms with Crippen molar-refractivity contribution in [2.45, 2.75) is 32.1 Å². The van der Waals surface area contributed by atoms with Crippen molar-refractivity contribution < 1.29 is 0 Å². The highest BCUT2D eigenvalue weighted by Crippen LogP contribution is 2.02. The van der Waals surface area contributed by atoms with Gasteiger partial charge in [0.2, 0.25) is 0 Å². The predicted octanol–water partition coefficient (Wildman–Crippen LogP) is 3.77. The van der Waals surface area contributed by atoms with Crippen LogP contribution in [0, 0.1) is 0 Å². The summed E-state index contributed by atoms with van der Waals surface area (Å²) in [4.78, 5) is 0. The third-order valence-electron chi connectivity index (χ3n) is 1.86. The van der Waals surface area contributed by atoms with E-state index in [9.17, 15) is 0 Å². The fourth-order valence-corrected chi connectivity index (χ4v) is 1.16. The second kappa shape index (κ2) is 6.69. The third-order valence-corrected chi connectivity index (χ3v) is 1.86. The molecule has 0 nitrogen and oxygen atoms in total. The molecule has 0 N–H and O–H groups in total. The molecule has 1 rings (SSSR count). The summed E-state index contributed by atoms with van der Waals surface area (Å²) in [5, 5.41) is 0. The van der Waals surface area contributed by atoms with Crippen molar-refractivity contribution >= 4 is 0 Å². The number of hydrogen-bond donors (Lipinski definition) is 0. The van der Waals surface area contributed by atoms with Gasteiger partial charge in [0.25, 0.3) is 0 Å². The number of hydrogen-bond acceptors (Lipinski definition) is 0. The Labute approximate surface area is 75.0 Å². The first-order chi connectivity index (χ1) is 6.00. The molecule has 0 spiro atoms. The quantitative estimate of drug-likeness (QED) is 0.374. The highest BCUT2D eigenvalue weighted by atomic mass is 13.9. The van der Waals surface area contributed by atoms with Crippen LogP contribution in [0.5, 0.6) is 0 Å². The Morgan fingerprint density at radius 2 is 1.75 bits per heavy atom. The van der Waals surface area contributed by atoms with Crippen LogP contribution >= 0.6 is 0 Å². The van der Waals surface area contributed by atoms with Gasteiger partial charge in [0.1, 0.15) is 0 Å². The Bertz CT molecular complexity index is 212. The van der Waals surface area contributed by atoms with E-state index in [2.05, 4.69) is 36.1 Å². The van der Waals surface area contributed by atoms with Crippen LogP contribution in [-0.4, -0.2) is 0 Å². The van der Waals surface area contributed by atoms with Gasteiger partial charge in [0.05, 0.1) is 0 Å². The molecule has 1 aliphatic rings. The lowest BCUT2D eigenvalue weighted by atomic mass is 10.1. The van der Waals surface area contributed by atoms with Gasteiger partial charge in [-0.2, -0.15) is 0 Å². The first kappa shape index (κ1) is 9.09. The van der Waals surface area contributed by atoms with E-state index in [-0.39, 0.29) is 0 Å². The molecule has 0 heterocycles. The van der Waals surface area contributed by atoms with Gasteiger partial charge in [-0.05, 0) is 44.3 Å². The van der Waals surface area contributed by atoms with Crippen molar-refractivity contribution in [1.82, 2.24) is 0 Å². The third kappa shape index (κ3) is 4.76. The SMILES string of the molecule is C1=CC=CCCCCC=CCC=1. The summed E-state index contributed by atoms with van der Waals surface area (Å²) >= 11 is 0. The fraction of sp³-hybridized carbons (Fsp3) is 0.417. The number of rotatable bonds is 0. The molecule has 0 radical (unpaired) electrons. The summed E-state index contributed by atoms with van der Waals surface area (Å²) in [7, 11) is 0. The van der Waals surface area contributed by atoms with E-state index in [1.807, 2.05) is 6.08 Å². The van der Waals surface area contributed by atoms with Crippen molar-refractivity contribution in [3.63, 3.8) is 0 Å². The zero-order valence-electron chi connectivity index (χ0n) is 7.50. The maximum Gasteiger partial charge on any atom is -0.00929 e.